The van der Waals surface area contributed by atoms with E-state index in [0.717, 1.165) is 24.3 Å². The average Bonchev–Trinajstić information content (AvgIpc) is 2.47. The molecule has 0 spiro atoms. The van der Waals surface area contributed by atoms with Gasteiger partial charge in [-0.25, -0.2) is 0 Å². The first-order valence-corrected chi connectivity index (χ1v) is 8.19. The lowest BCUT2D eigenvalue weighted by molar-refractivity contribution is -0.385. The largest absolute Gasteiger partial charge is 0.371 e. The van der Waals surface area contributed by atoms with Crippen LogP contribution in [-0.4, -0.2) is 18.0 Å². The summed E-state index contributed by atoms with van der Waals surface area (Å²) in [5.74, 6) is 0. The van der Waals surface area contributed by atoms with Gasteiger partial charge < -0.3 is 4.90 Å². The van der Waals surface area contributed by atoms with Crippen LogP contribution >= 0.6 is 15.9 Å². The molecule has 0 radical (unpaired) electrons. The summed E-state index contributed by atoms with van der Waals surface area (Å²) in [5.41, 5.74) is 2.50. The van der Waals surface area contributed by atoms with Gasteiger partial charge in [-0.1, -0.05) is 36.2 Å². The molecule has 1 heterocycles. The van der Waals surface area contributed by atoms with Crippen LogP contribution in [0.3, 0.4) is 0 Å². The van der Waals surface area contributed by atoms with Crippen molar-refractivity contribution in [1.82, 2.24) is 0 Å². The Labute approximate surface area is 128 Å². The van der Waals surface area contributed by atoms with Crippen LogP contribution in [0.25, 0.3) is 0 Å². The minimum Gasteiger partial charge on any atom is -0.371 e. The molecule has 1 fully saturated rings. The third-order valence-electron chi connectivity index (χ3n) is 4.59. The SMILES string of the molecule is CCC1(C)CCN(c2ccc([N+](=O)[O-])c(CBr)c2)CC1. The van der Waals surface area contributed by atoms with Crippen LogP contribution in [0.5, 0.6) is 0 Å². The Kier molecular flexibility index (Phi) is 4.68. The summed E-state index contributed by atoms with van der Waals surface area (Å²) in [6, 6.07) is 5.44. The maximum Gasteiger partial charge on any atom is 0.273 e. The highest BCUT2D eigenvalue weighted by Gasteiger charge is 2.28. The van der Waals surface area contributed by atoms with Gasteiger partial charge in [-0.2, -0.15) is 0 Å². The van der Waals surface area contributed by atoms with Crippen molar-refractivity contribution in [3.05, 3.63) is 33.9 Å². The van der Waals surface area contributed by atoms with E-state index < -0.39 is 0 Å². The summed E-state index contributed by atoms with van der Waals surface area (Å²) in [4.78, 5) is 13.0. The Bertz CT molecular complexity index is 497. The number of alkyl halides is 1. The zero-order valence-electron chi connectivity index (χ0n) is 12.1. The van der Waals surface area contributed by atoms with Crippen LogP contribution in [-0.2, 0) is 5.33 Å². The van der Waals surface area contributed by atoms with Crippen molar-refractivity contribution in [2.75, 3.05) is 18.0 Å². The lowest BCUT2D eigenvalue weighted by Gasteiger charge is -2.40. The molecular weight excluding hydrogens is 320 g/mol. The molecule has 110 valence electrons. The first kappa shape index (κ1) is 15.3. The van der Waals surface area contributed by atoms with E-state index in [1.54, 1.807) is 6.07 Å². The number of nitro groups is 1. The van der Waals surface area contributed by atoms with Crippen LogP contribution in [0.2, 0.25) is 0 Å². The molecule has 1 aromatic rings. The fraction of sp³-hybridized carbons (Fsp3) is 0.600. The summed E-state index contributed by atoms with van der Waals surface area (Å²) < 4.78 is 0. The molecule has 0 saturated carbocycles. The summed E-state index contributed by atoms with van der Waals surface area (Å²) in [7, 11) is 0. The Morgan fingerprint density at radius 1 is 1.40 bits per heavy atom. The number of nitro benzene ring substituents is 1. The lowest BCUT2D eigenvalue weighted by atomic mass is 9.78. The van der Waals surface area contributed by atoms with Gasteiger partial charge in [0.1, 0.15) is 0 Å². The maximum atomic E-state index is 11.0. The molecule has 1 aromatic carbocycles. The van der Waals surface area contributed by atoms with Gasteiger partial charge in [0.2, 0.25) is 0 Å². The fourth-order valence-corrected chi connectivity index (χ4v) is 3.16. The van der Waals surface area contributed by atoms with E-state index in [1.807, 2.05) is 12.1 Å². The normalized spacial score (nSPS) is 18.1. The number of hydrogen-bond acceptors (Lipinski definition) is 3. The molecule has 4 nitrogen and oxygen atoms in total. The summed E-state index contributed by atoms with van der Waals surface area (Å²) in [6.07, 6.45) is 3.59. The van der Waals surface area contributed by atoms with Gasteiger partial charge >= 0.3 is 0 Å². The van der Waals surface area contributed by atoms with Crippen molar-refractivity contribution in [3.8, 4) is 0 Å². The third kappa shape index (κ3) is 3.14. The molecular formula is C15H21BrN2O2. The van der Waals surface area contributed by atoms with Crippen LogP contribution in [0, 0.1) is 15.5 Å². The molecule has 1 aliphatic rings. The molecule has 5 heteroatoms. The molecule has 0 unspecified atom stereocenters. The molecule has 0 bridgehead atoms. The van der Waals surface area contributed by atoms with Gasteiger partial charge in [0, 0.05) is 35.7 Å². The predicted octanol–water partition coefficient (Wildman–Crippen LogP) is 4.51. The number of rotatable bonds is 4. The number of piperidine rings is 1. The third-order valence-corrected chi connectivity index (χ3v) is 5.20. The molecule has 1 saturated heterocycles. The molecule has 0 aliphatic carbocycles. The first-order valence-electron chi connectivity index (χ1n) is 7.07. The second-order valence-corrected chi connectivity index (χ2v) is 6.42. The number of anilines is 1. The van der Waals surface area contributed by atoms with Crippen LogP contribution in [0.15, 0.2) is 18.2 Å². The van der Waals surface area contributed by atoms with Crippen molar-refractivity contribution >= 4 is 27.3 Å². The van der Waals surface area contributed by atoms with Gasteiger partial charge in [0.15, 0.2) is 0 Å². The van der Waals surface area contributed by atoms with Crippen molar-refractivity contribution in [1.29, 1.82) is 0 Å². The average molecular weight is 341 g/mol. The van der Waals surface area contributed by atoms with Crippen molar-refractivity contribution in [3.63, 3.8) is 0 Å². The minimum atomic E-state index is -0.315. The number of benzene rings is 1. The number of nitrogens with zero attached hydrogens (tertiary/aromatic N) is 2. The van der Waals surface area contributed by atoms with Crippen LogP contribution in [0.4, 0.5) is 11.4 Å². The van der Waals surface area contributed by atoms with E-state index in [2.05, 4.69) is 34.7 Å². The molecule has 0 amide bonds. The summed E-state index contributed by atoms with van der Waals surface area (Å²) in [5, 5.41) is 11.5. The Balaban J connectivity index is 2.17. The van der Waals surface area contributed by atoms with Crippen LogP contribution < -0.4 is 4.90 Å². The maximum absolute atomic E-state index is 11.0. The molecule has 0 aromatic heterocycles. The molecule has 20 heavy (non-hydrogen) atoms. The summed E-state index contributed by atoms with van der Waals surface area (Å²) >= 11 is 3.34. The van der Waals surface area contributed by atoms with E-state index in [-0.39, 0.29) is 10.6 Å². The standard InChI is InChI=1S/C15H21BrN2O2/c1-3-15(2)6-8-17(9-7-15)13-4-5-14(18(19)20)12(10-13)11-16/h4-5,10H,3,6-9,11H2,1-2H3. The zero-order valence-corrected chi connectivity index (χ0v) is 13.6. The van der Waals surface area contributed by atoms with Gasteiger partial charge in [-0.05, 0) is 30.4 Å². The number of halogens is 1. The minimum absolute atomic E-state index is 0.195. The van der Waals surface area contributed by atoms with Crippen LogP contribution in [0.1, 0.15) is 38.7 Å². The molecule has 0 N–H and O–H groups in total. The second kappa shape index (κ2) is 6.12. The van der Waals surface area contributed by atoms with Crippen molar-refractivity contribution in [2.45, 2.75) is 38.4 Å². The number of hydrogen-bond donors (Lipinski definition) is 0. The highest BCUT2D eigenvalue weighted by atomic mass is 79.9. The Hall–Kier alpha value is -1.10. The highest BCUT2D eigenvalue weighted by Crippen LogP contribution is 2.36. The van der Waals surface area contributed by atoms with Crippen molar-refractivity contribution in [2.24, 2.45) is 5.41 Å². The van der Waals surface area contributed by atoms with E-state index in [9.17, 15) is 10.1 Å². The van der Waals surface area contributed by atoms with E-state index >= 15 is 0 Å². The van der Waals surface area contributed by atoms with E-state index in [4.69, 9.17) is 0 Å². The Morgan fingerprint density at radius 3 is 2.55 bits per heavy atom. The monoisotopic (exact) mass is 340 g/mol. The zero-order chi connectivity index (χ0) is 14.8. The molecule has 2 rings (SSSR count). The highest BCUT2D eigenvalue weighted by molar-refractivity contribution is 9.08. The quantitative estimate of drug-likeness (QED) is 0.460. The Morgan fingerprint density at radius 2 is 2.05 bits per heavy atom. The van der Waals surface area contributed by atoms with E-state index in [1.165, 1.54) is 19.3 Å². The molecule has 0 atom stereocenters. The van der Waals surface area contributed by atoms with Gasteiger partial charge in [0.25, 0.3) is 5.69 Å². The lowest BCUT2D eigenvalue weighted by Crippen LogP contribution is -2.38. The fourth-order valence-electron chi connectivity index (χ4n) is 2.71. The first-order chi connectivity index (χ1) is 9.49. The summed E-state index contributed by atoms with van der Waals surface area (Å²) in [6.45, 7) is 6.67. The van der Waals surface area contributed by atoms with Gasteiger partial charge in [0.05, 0.1) is 4.92 Å². The molecule has 1 aliphatic heterocycles. The van der Waals surface area contributed by atoms with Gasteiger partial charge in [-0.15, -0.1) is 0 Å². The van der Waals surface area contributed by atoms with Crippen molar-refractivity contribution < 1.29 is 4.92 Å². The topological polar surface area (TPSA) is 46.4 Å². The van der Waals surface area contributed by atoms with E-state index in [0.29, 0.717) is 10.7 Å². The van der Waals surface area contributed by atoms with Gasteiger partial charge in [-0.3, -0.25) is 10.1 Å². The predicted molar refractivity (Wildman–Crippen MR) is 85.6 cm³/mol. The second-order valence-electron chi connectivity index (χ2n) is 5.86. The smallest absolute Gasteiger partial charge is 0.273 e.